The molecule has 1 N–H and O–H groups in total. The Kier molecular flexibility index (Phi) is 5.30. The van der Waals surface area contributed by atoms with Crippen LogP contribution in [-0.4, -0.2) is 15.3 Å². The van der Waals surface area contributed by atoms with E-state index < -0.39 is 0 Å². The third-order valence-electron chi connectivity index (χ3n) is 4.62. The second kappa shape index (κ2) is 8.21. The number of benzene rings is 2. The summed E-state index contributed by atoms with van der Waals surface area (Å²) in [4.78, 5) is 29.2. The minimum atomic E-state index is -0.185. The predicted molar refractivity (Wildman–Crippen MR) is 116 cm³/mol. The van der Waals surface area contributed by atoms with Gasteiger partial charge in [0.1, 0.15) is 18.0 Å². The number of aromatic nitrogens is 2. The molecule has 1 amide bonds. The van der Waals surface area contributed by atoms with Gasteiger partial charge in [-0.2, -0.15) is 0 Å². The lowest BCUT2D eigenvalue weighted by Crippen LogP contribution is -2.16. The molecule has 0 radical (unpaired) electrons. The number of ether oxygens (including phenoxy) is 1. The highest BCUT2D eigenvalue weighted by molar-refractivity contribution is 6.04. The molecule has 2 aromatic carbocycles. The molecule has 0 unspecified atom stereocenters. The highest BCUT2D eigenvalue weighted by Crippen LogP contribution is 2.19. The van der Waals surface area contributed by atoms with E-state index in [4.69, 9.17) is 4.74 Å². The fraction of sp³-hybridized carbons (Fsp3) is 0.125. The molecule has 4 rings (SSSR count). The summed E-state index contributed by atoms with van der Waals surface area (Å²) in [6, 6.07) is 19.7. The summed E-state index contributed by atoms with van der Waals surface area (Å²) in [5.41, 5.74) is 4.19. The first-order chi connectivity index (χ1) is 14.5. The second-order valence-corrected chi connectivity index (χ2v) is 7.16. The number of carbonyl (C=O) groups is 1. The monoisotopic (exact) mass is 399 g/mol. The maximum Gasteiger partial charge on any atom is 0.258 e. The number of rotatable bonds is 5. The molecule has 6 nitrogen and oxygen atoms in total. The molecule has 0 aliphatic carbocycles. The van der Waals surface area contributed by atoms with Gasteiger partial charge < -0.3 is 10.1 Å². The van der Waals surface area contributed by atoms with E-state index in [1.807, 2.05) is 44.2 Å². The van der Waals surface area contributed by atoms with Crippen LogP contribution in [-0.2, 0) is 6.61 Å². The lowest BCUT2D eigenvalue weighted by Gasteiger charge is -2.10. The van der Waals surface area contributed by atoms with Crippen molar-refractivity contribution < 1.29 is 9.53 Å². The first kappa shape index (κ1) is 19.4. The van der Waals surface area contributed by atoms with E-state index in [1.165, 1.54) is 10.5 Å². The summed E-state index contributed by atoms with van der Waals surface area (Å²) in [5, 5.41) is 2.87. The SMILES string of the molecule is Cc1cccc(C(=O)Nc2cccc(OCc3cc(=O)n4cc(C)ccc4n3)c2)c1. The molecule has 0 fully saturated rings. The Hall–Kier alpha value is -3.93. The van der Waals surface area contributed by atoms with Gasteiger partial charge >= 0.3 is 0 Å². The van der Waals surface area contributed by atoms with Crippen LogP contribution in [0.5, 0.6) is 5.75 Å². The number of amides is 1. The van der Waals surface area contributed by atoms with Crippen molar-refractivity contribution in [1.82, 2.24) is 9.38 Å². The number of nitrogens with zero attached hydrogens (tertiary/aromatic N) is 2. The van der Waals surface area contributed by atoms with E-state index in [1.54, 1.807) is 36.5 Å². The largest absolute Gasteiger partial charge is 0.487 e. The zero-order chi connectivity index (χ0) is 21.1. The van der Waals surface area contributed by atoms with Crippen molar-refractivity contribution in [2.45, 2.75) is 20.5 Å². The Morgan fingerprint density at radius 2 is 1.83 bits per heavy atom. The molecule has 0 saturated heterocycles. The molecular weight excluding hydrogens is 378 g/mol. The summed E-state index contributed by atoms with van der Waals surface area (Å²) in [7, 11) is 0. The van der Waals surface area contributed by atoms with Gasteiger partial charge in [-0.05, 0) is 49.7 Å². The molecule has 150 valence electrons. The van der Waals surface area contributed by atoms with Gasteiger partial charge in [0.25, 0.3) is 11.5 Å². The number of carbonyl (C=O) groups excluding carboxylic acids is 1. The molecule has 0 atom stereocenters. The van der Waals surface area contributed by atoms with Crippen LogP contribution >= 0.6 is 0 Å². The Bertz CT molecular complexity index is 1290. The zero-order valence-corrected chi connectivity index (χ0v) is 16.8. The predicted octanol–water partition coefficient (Wildman–Crippen LogP) is 4.14. The minimum Gasteiger partial charge on any atom is -0.487 e. The standard InChI is InChI=1S/C24H21N3O3/c1-16-5-3-6-18(11-16)24(29)26-19-7-4-8-21(12-19)30-15-20-13-23(28)27-14-17(2)9-10-22(27)25-20/h3-14H,15H2,1-2H3,(H,26,29). The summed E-state index contributed by atoms with van der Waals surface area (Å²) in [6.07, 6.45) is 1.76. The van der Waals surface area contributed by atoms with E-state index in [0.29, 0.717) is 28.3 Å². The second-order valence-electron chi connectivity index (χ2n) is 7.16. The highest BCUT2D eigenvalue weighted by atomic mass is 16.5. The molecule has 2 heterocycles. The van der Waals surface area contributed by atoms with Crippen molar-refractivity contribution in [1.29, 1.82) is 0 Å². The average molecular weight is 399 g/mol. The minimum absolute atomic E-state index is 0.148. The van der Waals surface area contributed by atoms with Gasteiger partial charge in [-0.3, -0.25) is 14.0 Å². The van der Waals surface area contributed by atoms with Crippen molar-refractivity contribution >= 4 is 17.2 Å². The number of aryl methyl sites for hydroxylation is 2. The Morgan fingerprint density at radius 1 is 1.00 bits per heavy atom. The van der Waals surface area contributed by atoms with E-state index >= 15 is 0 Å². The number of anilines is 1. The van der Waals surface area contributed by atoms with Crippen LogP contribution in [0.3, 0.4) is 0 Å². The highest BCUT2D eigenvalue weighted by Gasteiger charge is 2.08. The third kappa shape index (κ3) is 4.38. The molecule has 0 bridgehead atoms. The Balaban J connectivity index is 1.47. The smallest absolute Gasteiger partial charge is 0.258 e. The number of fused-ring (bicyclic) bond motifs is 1. The fourth-order valence-corrected chi connectivity index (χ4v) is 3.14. The topological polar surface area (TPSA) is 72.7 Å². The fourth-order valence-electron chi connectivity index (χ4n) is 3.14. The first-order valence-electron chi connectivity index (χ1n) is 9.58. The summed E-state index contributed by atoms with van der Waals surface area (Å²) >= 11 is 0. The average Bonchev–Trinajstić information content (AvgIpc) is 2.73. The van der Waals surface area contributed by atoms with Gasteiger partial charge in [0.05, 0.1) is 5.69 Å². The maximum atomic E-state index is 12.4. The number of hydrogen-bond donors (Lipinski definition) is 1. The van der Waals surface area contributed by atoms with Gasteiger partial charge in [0, 0.05) is 29.6 Å². The van der Waals surface area contributed by atoms with Gasteiger partial charge in [0.2, 0.25) is 0 Å². The summed E-state index contributed by atoms with van der Waals surface area (Å²) < 4.78 is 7.32. The summed E-state index contributed by atoms with van der Waals surface area (Å²) in [5.74, 6) is 0.387. The lowest BCUT2D eigenvalue weighted by molar-refractivity contribution is 0.102. The van der Waals surface area contributed by atoms with Crippen molar-refractivity contribution in [2.75, 3.05) is 5.32 Å². The van der Waals surface area contributed by atoms with Gasteiger partial charge in [-0.15, -0.1) is 0 Å². The first-order valence-corrected chi connectivity index (χ1v) is 9.58. The van der Waals surface area contributed by atoms with Crippen molar-refractivity contribution in [3.63, 3.8) is 0 Å². The lowest BCUT2D eigenvalue weighted by atomic mass is 10.1. The quantitative estimate of drug-likeness (QED) is 0.547. The van der Waals surface area contributed by atoms with Crippen LogP contribution in [0.4, 0.5) is 5.69 Å². The molecule has 0 aliphatic heterocycles. The Labute approximate surface area is 173 Å². The molecule has 2 aromatic heterocycles. The molecule has 6 heteroatoms. The van der Waals surface area contributed by atoms with Crippen LogP contribution < -0.4 is 15.6 Å². The number of nitrogens with one attached hydrogen (secondary N) is 1. The third-order valence-corrected chi connectivity index (χ3v) is 4.62. The van der Waals surface area contributed by atoms with Gasteiger partial charge in [-0.1, -0.05) is 29.8 Å². The number of hydrogen-bond acceptors (Lipinski definition) is 4. The molecule has 0 aliphatic rings. The van der Waals surface area contributed by atoms with Crippen LogP contribution in [0.1, 0.15) is 27.2 Å². The normalized spacial score (nSPS) is 10.7. The van der Waals surface area contributed by atoms with Crippen LogP contribution in [0.25, 0.3) is 5.65 Å². The van der Waals surface area contributed by atoms with Gasteiger partial charge in [-0.25, -0.2) is 4.98 Å². The van der Waals surface area contributed by atoms with E-state index in [0.717, 1.165) is 11.1 Å². The molecule has 0 spiro atoms. The molecule has 4 aromatic rings. The van der Waals surface area contributed by atoms with Crippen molar-refractivity contribution in [3.8, 4) is 5.75 Å². The van der Waals surface area contributed by atoms with Crippen LogP contribution in [0.2, 0.25) is 0 Å². The molecule has 0 saturated carbocycles. The maximum absolute atomic E-state index is 12.4. The molecule has 30 heavy (non-hydrogen) atoms. The zero-order valence-electron chi connectivity index (χ0n) is 16.8. The van der Waals surface area contributed by atoms with Crippen molar-refractivity contribution in [3.05, 3.63) is 106 Å². The number of pyridine rings is 1. The van der Waals surface area contributed by atoms with E-state index in [-0.39, 0.29) is 18.1 Å². The van der Waals surface area contributed by atoms with E-state index in [2.05, 4.69) is 10.3 Å². The van der Waals surface area contributed by atoms with E-state index in [9.17, 15) is 9.59 Å². The van der Waals surface area contributed by atoms with Crippen LogP contribution in [0.15, 0.2) is 77.7 Å². The van der Waals surface area contributed by atoms with Gasteiger partial charge in [0.15, 0.2) is 0 Å². The molecular formula is C24H21N3O3. The van der Waals surface area contributed by atoms with Crippen LogP contribution in [0, 0.1) is 13.8 Å². The van der Waals surface area contributed by atoms with Crippen molar-refractivity contribution in [2.24, 2.45) is 0 Å². The Morgan fingerprint density at radius 3 is 2.67 bits per heavy atom. The summed E-state index contributed by atoms with van der Waals surface area (Å²) in [6.45, 7) is 4.02.